The molecule has 1 saturated heterocycles. The van der Waals surface area contributed by atoms with Gasteiger partial charge in [0.1, 0.15) is 5.75 Å². The molecular formula is C14H16N2O3. The number of hydrogen-bond acceptors (Lipinski definition) is 4. The molecule has 5 heteroatoms. The molecule has 19 heavy (non-hydrogen) atoms. The van der Waals surface area contributed by atoms with E-state index in [0.29, 0.717) is 24.6 Å². The Bertz CT molecular complexity index is 536. The van der Waals surface area contributed by atoms with Gasteiger partial charge in [0.25, 0.3) is 0 Å². The zero-order chi connectivity index (χ0) is 13.6. The van der Waals surface area contributed by atoms with Gasteiger partial charge in [-0.25, -0.2) is 0 Å². The van der Waals surface area contributed by atoms with E-state index < -0.39 is 0 Å². The molecule has 0 spiro atoms. The van der Waals surface area contributed by atoms with Crippen molar-refractivity contribution in [3.63, 3.8) is 0 Å². The van der Waals surface area contributed by atoms with E-state index in [4.69, 9.17) is 10.5 Å². The van der Waals surface area contributed by atoms with Crippen LogP contribution in [0, 0.1) is 11.8 Å². The van der Waals surface area contributed by atoms with E-state index in [1.807, 2.05) is 6.92 Å². The molecule has 2 N–H and O–H groups in total. The molecule has 2 unspecified atom stereocenters. The van der Waals surface area contributed by atoms with Crippen molar-refractivity contribution < 1.29 is 14.3 Å². The van der Waals surface area contributed by atoms with Gasteiger partial charge in [0.05, 0.1) is 24.1 Å². The molecule has 1 heterocycles. The predicted molar refractivity (Wildman–Crippen MR) is 69.6 cm³/mol. The summed E-state index contributed by atoms with van der Waals surface area (Å²) in [6, 6.07) is 5.28. The standard InChI is InChI=1S/C14H16N2O3/c1-2-19-12-4-3-9(5-8(12)7-15)16-13(17)10-6-11(10)14(16)18/h3-5,10-11H,2,6-7,15H2,1H3. The van der Waals surface area contributed by atoms with Gasteiger partial charge in [-0.3, -0.25) is 14.5 Å². The van der Waals surface area contributed by atoms with Crippen molar-refractivity contribution in [2.75, 3.05) is 11.5 Å². The maximum Gasteiger partial charge on any atom is 0.237 e. The average molecular weight is 260 g/mol. The summed E-state index contributed by atoms with van der Waals surface area (Å²) < 4.78 is 5.46. The zero-order valence-corrected chi connectivity index (χ0v) is 10.8. The first kappa shape index (κ1) is 12.2. The molecule has 0 radical (unpaired) electrons. The number of piperidine rings is 1. The van der Waals surface area contributed by atoms with Crippen molar-refractivity contribution in [3.8, 4) is 5.75 Å². The summed E-state index contributed by atoms with van der Waals surface area (Å²) in [7, 11) is 0. The Kier molecular flexibility index (Phi) is 2.78. The van der Waals surface area contributed by atoms with Crippen molar-refractivity contribution in [2.45, 2.75) is 19.9 Å². The number of amides is 2. The fourth-order valence-electron chi connectivity index (χ4n) is 2.60. The Morgan fingerprint density at radius 1 is 1.32 bits per heavy atom. The third-order valence-electron chi connectivity index (χ3n) is 3.69. The second kappa shape index (κ2) is 4.35. The first-order valence-corrected chi connectivity index (χ1v) is 6.51. The molecule has 2 amide bonds. The number of nitrogens with two attached hydrogens (primary N) is 1. The first-order valence-electron chi connectivity index (χ1n) is 6.51. The lowest BCUT2D eigenvalue weighted by molar-refractivity contribution is -0.123. The molecule has 2 aliphatic rings. The molecule has 2 atom stereocenters. The molecule has 1 aliphatic carbocycles. The largest absolute Gasteiger partial charge is 0.494 e. The van der Waals surface area contributed by atoms with E-state index in [-0.39, 0.29) is 23.7 Å². The van der Waals surface area contributed by atoms with Crippen molar-refractivity contribution >= 4 is 17.5 Å². The van der Waals surface area contributed by atoms with Gasteiger partial charge in [-0.15, -0.1) is 0 Å². The minimum atomic E-state index is -0.0830. The molecule has 0 aromatic heterocycles. The van der Waals surface area contributed by atoms with E-state index in [1.54, 1.807) is 18.2 Å². The Labute approximate surface area is 111 Å². The fourth-order valence-corrected chi connectivity index (χ4v) is 2.60. The third kappa shape index (κ3) is 1.81. The fraction of sp³-hybridized carbons (Fsp3) is 0.429. The zero-order valence-electron chi connectivity index (χ0n) is 10.8. The van der Waals surface area contributed by atoms with Crippen LogP contribution in [0.3, 0.4) is 0 Å². The van der Waals surface area contributed by atoms with Crippen LogP contribution in [0.25, 0.3) is 0 Å². The van der Waals surface area contributed by atoms with Gasteiger partial charge in [0.15, 0.2) is 0 Å². The van der Waals surface area contributed by atoms with Gasteiger partial charge in [-0.05, 0) is 31.5 Å². The lowest BCUT2D eigenvalue weighted by atomic mass is 10.1. The predicted octanol–water partition coefficient (Wildman–Crippen LogP) is 1.05. The smallest absolute Gasteiger partial charge is 0.237 e. The van der Waals surface area contributed by atoms with Crippen LogP contribution in [-0.4, -0.2) is 18.4 Å². The van der Waals surface area contributed by atoms with Gasteiger partial charge in [0, 0.05) is 12.1 Å². The molecule has 3 rings (SSSR count). The van der Waals surface area contributed by atoms with Crippen LogP contribution in [0.15, 0.2) is 18.2 Å². The van der Waals surface area contributed by atoms with E-state index in [1.165, 1.54) is 4.90 Å². The second-order valence-corrected chi connectivity index (χ2v) is 4.89. The van der Waals surface area contributed by atoms with Crippen LogP contribution in [0.4, 0.5) is 5.69 Å². The third-order valence-corrected chi connectivity index (χ3v) is 3.69. The number of rotatable bonds is 4. The number of imide groups is 1. The summed E-state index contributed by atoms with van der Waals surface area (Å²) in [5, 5.41) is 0. The van der Waals surface area contributed by atoms with E-state index in [2.05, 4.69) is 0 Å². The monoisotopic (exact) mass is 260 g/mol. The van der Waals surface area contributed by atoms with Crippen molar-refractivity contribution in [1.82, 2.24) is 0 Å². The van der Waals surface area contributed by atoms with Crippen molar-refractivity contribution in [3.05, 3.63) is 23.8 Å². The molecule has 100 valence electrons. The first-order chi connectivity index (χ1) is 9.17. The lowest BCUT2D eigenvalue weighted by Gasteiger charge is -2.18. The lowest BCUT2D eigenvalue weighted by Crippen LogP contribution is -2.32. The number of benzene rings is 1. The van der Waals surface area contributed by atoms with Crippen LogP contribution in [0.1, 0.15) is 18.9 Å². The number of hydrogen-bond donors (Lipinski definition) is 1. The normalized spacial score (nSPS) is 24.6. The van der Waals surface area contributed by atoms with Gasteiger partial charge >= 0.3 is 0 Å². The molecule has 1 aromatic carbocycles. The number of fused-ring (bicyclic) bond motifs is 1. The highest BCUT2D eigenvalue weighted by atomic mass is 16.5. The number of carbonyl (C=O) groups is 2. The Hall–Kier alpha value is -1.88. The number of anilines is 1. The van der Waals surface area contributed by atoms with Crippen LogP contribution < -0.4 is 15.4 Å². The molecule has 1 aromatic rings. The molecule has 5 nitrogen and oxygen atoms in total. The summed E-state index contributed by atoms with van der Waals surface area (Å²) in [6.45, 7) is 2.76. The quantitative estimate of drug-likeness (QED) is 0.821. The Morgan fingerprint density at radius 3 is 2.58 bits per heavy atom. The van der Waals surface area contributed by atoms with Crippen LogP contribution >= 0.6 is 0 Å². The van der Waals surface area contributed by atoms with Crippen LogP contribution in [0.2, 0.25) is 0 Å². The van der Waals surface area contributed by atoms with E-state index in [0.717, 1.165) is 12.0 Å². The van der Waals surface area contributed by atoms with Crippen LogP contribution in [0.5, 0.6) is 5.75 Å². The highest BCUT2D eigenvalue weighted by Crippen LogP contribution is 2.48. The minimum Gasteiger partial charge on any atom is -0.494 e. The summed E-state index contributed by atoms with van der Waals surface area (Å²) in [6.07, 6.45) is 0.717. The second-order valence-electron chi connectivity index (χ2n) is 4.89. The highest BCUT2D eigenvalue weighted by molar-refractivity contribution is 6.24. The minimum absolute atomic E-state index is 0.0814. The molecule has 1 saturated carbocycles. The number of carbonyl (C=O) groups excluding carboxylic acids is 2. The number of nitrogens with zero attached hydrogens (tertiary/aromatic N) is 1. The van der Waals surface area contributed by atoms with E-state index in [9.17, 15) is 9.59 Å². The van der Waals surface area contributed by atoms with Gasteiger partial charge in [-0.2, -0.15) is 0 Å². The topological polar surface area (TPSA) is 72.6 Å². The molecule has 1 aliphatic heterocycles. The number of ether oxygens (including phenoxy) is 1. The van der Waals surface area contributed by atoms with Crippen LogP contribution in [-0.2, 0) is 16.1 Å². The Morgan fingerprint density at radius 2 is 2.00 bits per heavy atom. The molecule has 0 bridgehead atoms. The van der Waals surface area contributed by atoms with Gasteiger partial charge < -0.3 is 10.5 Å². The summed E-state index contributed by atoms with van der Waals surface area (Å²) in [4.78, 5) is 25.3. The summed E-state index contributed by atoms with van der Waals surface area (Å²) in [5.41, 5.74) is 7.09. The highest BCUT2D eigenvalue weighted by Gasteiger charge is 2.59. The maximum absolute atomic E-state index is 12.0. The molecular weight excluding hydrogens is 244 g/mol. The summed E-state index contributed by atoms with van der Waals surface area (Å²) >= 11 is 0. The molecule has 2 fully saturated rings. The van der Waals surface area contributed by atoms with Crippen molar-refractivity contribution in [2.24, 2.45) is 17.6 Å². The van der Waals surface area contributed by atoms with Gasteiger partial charge in [0.2, 0.25) is 11.8 Å². The SMILES string of the molecule is CCOc1ccc(N2C(=O)C3CC3C2=O)cc1CN. The average Bonchev–Trinajstić information content (AvgIpc) is 3.16. The maximum atomic E-state index is 12.0. The van der Waals surface area contributed by atoms with Crippen molar-refractivity contribution in [1.29, 1.82) is 0 Å². The van der Waals surface area contributed by atoms with Gasteiger partial charge in [-0.1, -0.05) is 0 Å². The van der Waals surface area contributed by atoms with E-state index >= 15 is 0 Å². The summed E-state index contributed by atoms with van der Waals surface area (Å²) in [5.74, 6) is 0.378. The Balaban J connectivity index is 1.93.